The van der Waals surface area contributed by atoms with E-state index in [1.54, 1.807) is 18.3 Å². The molecule has 3 heterocycles. The lowest BCUT2D eigenvalue weighted by Crippen LogP contribution is -2.33. The Morgan fingerprint density at radius 1 is 1.06 bits per heavy atom. The number of hydrogen-bond donors (Lipinski definition) is 2. The molecule has 2 amide bonds. The molecule has 1 aromatic carbocycles. The molecular formula is C23H27N7O2. The third kappa shape index (κ3) is 4.88. The second-order valence-corrected chi connectivity index (χ2v) is 8.12. The Kier molecular flexibility index (Phi) is 6.07. The summed E-state index contributed by atoms with van der Waals surface area (Å²) < 4.78 is 4.88. The third-order valence-electron chi connectivity index (χ3n) is 5.20. The lowest BCUT2D eigenvalue weighted by atomic mass is 10.2. The molecule has 4 rings (SSSR count). The number of hydrogen-bond acceptors (Lipinski definition) is 4. The van der Waals surface area contributed by atoms with Gasteiger partial charge in [0.1, 0.15) is 0 Å². The number of nitrogens with zero attached hydrogens (tertiary/aromatic N) is 5. The van der Waals surface area contributed by atoms with Crippen LogP contribution in [0.4, 0.5) is 10.5 Å². The summed E-state index contributed by atoms with van der Waals surface area (Å²) in [7, 11) is 0. The van der Waals surface area contributed by atoms with Crippen LogP contribution in [0.25, 0.3) is 5.65 Å². The van der Waals surface area contributed by atoms with Crippen LogP contribution in [0.2, 0.25) is 0 Å². The van der Waals surface area contributed by atoms with Gasteiger partial charge in [-0.05, 0) is 55.7 Å². The molecule has 3 aromatic heterocycles. The van der Waals surface area contributed by atoms with Gasteiger partial charge in [0.05, 0.1) is 12.2 Å². The van der Waals surface area contributed by atoms with Crippen molar-refractivity contribution in [3.63, 3.8) is 0 Å². The van der Waals surface area contributed by atoms with Gasteiger partial charge in [-0.2, -0.15) is 5.10 Å². The van der Waals surface area contributed by atoms with Crippen molar-refractivity contribution >= 4 is 17.4 Å². The van der Waals surface area contributed by atoms with E-state index in [2.05, 4.69) is 27.8 Å². The fourth-order valence-electron chi connectivity index (χ4n) is 3.65. The van der Waals surface area contributed by atoms with Crippen LogP contribution >= 0.6 is 0 Å². The van der Waals surface area contributed by atoms with E-state index in [9.17, 15) is 9.59 Å². The van der Waals surface area contributed by atoms with Gasteiger partial charge in [0.25, 0.3) is 0 Å². The Labute approximate surface area is 185 Å². The summed E-state index contributed by atoms with van der Waals surface area (Å²) in [4.78, 5) is 24.8. The molecule has 0 saturated heterocycles. The van der Waals surface area contributed by atoms with Crippen LogP contribution in [0.15, 0.2) is 59.5 Å². The Bertz CT molecular complexity index is 1300. The molecule has 166 valence electrons. The molecule has 0 saturated carbocycles. The van der Waals surface area contributed by atoms with Crippen LogP contribution in [-0.4, -0.2) is 36.5 Å². The molecule has 0 fully saturated rings. The average Bonchev–Trinajstić information content (AvgIpc) is 3.24. The van der Waals surface area contributed by atoms with Crippen LogP contribution in [0, 0.1) is 19.8 Å². The van der Waals surface area contributed by atoms with Crippen molar-refractivity contribution in [2.75, 3.05) is 11.9 Å². The number of carbonyl (C=O) groups is 1. The Hall–Kier alpha value is -3.88. The van der Waals surface area contributed by atoms with E-state index < -0.39 is 0 Å². The number of fused-ring (bicyclic) bond motifs is 1. The first-order valence-corrected chi connectivity index (χ1v) is 10.6. The number of aryl methyl sites for hydroxylation is 2. The maximum atomic E-state index is 12.5. The number of benzene rings is 1. The number of urea groups is 1. The molecule has 2 N–H and O–H groups in total. The SMILES string of the molecule is Cc1cc(C)n(CC(C)CNC(=O)Nc2cccc(Cn3nc4ccccn4c3=O)c2)n1. The van der Waals surface area contributed by atoms with Gasteiger partial charge < -0.3 is 10.6 Å². The lowest BCUT2D eigenvalue weighted by molar-refractivity contribution is 0.249. The number of nitrogens with one attached hydrogen (secondary N) is 2. The highest BCUT2D eigenvalue weighted by Gasteiger charge is 2.10. The molecular weight excluding hydrogens is 406 g/mol. The van der Waals surface area contributed by atoms with Crippen molar-refractivity contribution < 1.29 is 4.79 Å². The number of pyridine rings is 1. The maximum absolute atomic E-state index is 12.5. The van der Waals surface area contributed by atoms with Gasteiger partial charge in [-0.1, -0.05) is 25.1 Å². The first kappa shape index (κ1) is 21.4. The largest absolute Gasteiger partial charge is 0.350 e. The molecule has 0 aliphatic rings. The summed E-state index contributed by atoms with van der Waals surface area (Å²) in [6, 6.07) is 14.6. The van der Waals surface area contributed by atoms with E-state index in [4.69, 9.17) is 0 Å². The number of carbonyl (C=O) groups excluding carboxylic acids is 1. The summed E-state index contributed by atoms with van der Waals surface area (Å²) in [5.74, 6) is 0.229. The Morgan fingerprint density at radius 2 is 1.91 bits per heavy atom. The minimum absolute atomic E-state index is 0.201. The van der Waals surface area contributed by atoms with Crippen molar-refractivity contribution in [3.05, 3.63) is 82.2 Å². The molecule has 0 radical (unpaired) electrons. The second-order valence-electron chi connectivity index (χ2n) is 8.12. The average molecular weight is 434 g/mol. The molecule has 0 spiro atoms. The highest BCUT2D eigenvalue weighted by Crippen LogP contribution is 2.12. The lowest BCUT2D eigenvalue weighted by Gasteiger charge is -2.15. The Balaban J connectivity index is 1.34. The van der Waals surface area contributed by atoms with Crippen LogP contribution in [0.3, 0.4) is 0 Å². The molecule has 1 unspecified atom stereocenters. The van der Waals surface area contributed by atoms with Crippen molar-refractivity contribution in [1.29, 1.82) is 0 Å². The molecule has 1 atom stereocenters. The smallest absolute Gasteiger partial charge is 0.338 e. The van der Waals surface area contributed by atoms with Crippen LogP contribution in [-0.2, 0) is 13.1 Å². The van der Waals surface area contributed by atoms with Crippen molar-refractivity contribution in [1.82, 2.24) is 29.3 Å². The van der Waals surface area contributed by atoms with E-state index in [1.165, 1.54) is 9.08 Å². The topological polar surface area (TPSA) is 98.3 Å². The predicted octanol–water partition coefficient (Wildman–Crippen LogP) is 2.82. The zero-order valence-electron chi connectivity index (χ0n) is 18.4. The van der Waals surface area contributed by atoms with Crippen molar-refractivity contribution in [3.8, 4) is 0 Å². The molecule has 32 heavy (non-hydrogen) atoms. The molecule has 4 aromatic rings. The van der Waals surface area contributed by atoms with Crippen molar-refractivity contribution in [2.45, 2.75) is 33.9 Å². The number of rotatable bonds is 7. The van der Waals surface area contributed by atoms with Gasteiger partial charge in [0.2, 0.25) is 0 Å². The van der Waals surface area contributed by atoms with Crippen LogP contribution < -0.4 is 16.3 Å². The normalized spacial score (nSPS) is 12.1. The van der Waals surface area contributed by atoms with Crippen LogP contribution in [0.5, 0.6) is 0 Å². The third-order valence-corrected chi connectivity index (χ3v) is 5.20. The van der Waals surface area contributed by atoms with E-state index in [1.807, 2.05) is 54.9 Å². The van der Waals surface area contributed by atoms with Gasteiger partial charge in [-0.3, -0.25) is 9.08 Å². The van der Waals surface area contributed by atoms with Crippen molar-refractivity contribution in [2.24, 2.45) is 5.92 Å². The van der Waals surface area contributed by atoms with Gasteiger partial charge in [0.15, 0.2) is 5.65 Å². The maximum Gasteiger partial charge on any atom is 0.350 e. The second kappa shape index (κ2) is 9.09. The molecule has 9 nitrogen and oxygen atoms in total. The monoisotopic (exact) mass is 433 g/mol. The number of amides is 2. The first-order valence-electron chi connectivity index (χ1n) is 10.6. The fourth-order valence-corrected chi connectivity index (χ4v) is 3.65. The fraction of sp³-hybridized carbons (Fsp3) is 0.304. The highest BCUT2D eigenvalue weighted by molar-refractivity contribution is 5.89. The van der Waals surface area contributed by atoms with Gasteiger partial charge in [0, 0.05) is 30.7 Å². The summed E-state index contributed by atoms with van der Waals surface area (Å²) in [5, 5.41) is 14.6. The Morgan fingerprint density at radius 3 is 2.66 bits per heavy atom. The summed E-state index contributed by atoms with van der Waals surface area (Å²) in [6.45, 7) is 7.66. The van der Waals surface area contributed by atoms with E-state index in [-0.39, 0.29) is 17.6 Å². The number of aromatic nitrogens is 5. The van der Waals surface area contributed by atoms with E-state index >= 15 is 0 Å². The summed E-state index contributed by atoms with van der Waals surface area (Å²) in [6.07, 6.45) is 1.69. The van der Waals surface area contributed by atoms with E-state index in [0.717, 1.165) is 23.5 Å². The molecule has 0 bridgehead atoms. The zero-order chi connectivity index (χ0) is 22.7. The highest BCUT2D eigenvalue weighted by atomic mass is 16.2. The predicted molar refractivity (Wildman–Crippen MR) is 123 cm³/mol. The minimum Gasteiger partial charge on any atom is -0.338 e. The number of anilines is 1. The standard InChI is InChI=1S/C23H27N7O2/c1-16(14-29-18(3)11-17(2)26-29)13-24-22(31)25-20-8-6-7-19(12-20)15-30-23(32)28-10-5-4-9-21(28)27-30/h4-12,16H,13-15H2,1-3H3,(H2,24,25,31). The first-order chi connectivity index (χ1) is 15.4. The van der Waals surface area contributed by atoms with Crippen LogP contribution in [0.1, 0.15) is 23.9 Å². The minimum atomic E-state index is -0.271. The van der Waals surface area contributed by atoms with Gasteiger partial charge in [-0.25, -0.2) is 14.3 Å². The van der Waals surface area contributed by atoms with Gasteiger partial charge in [-0.15, -0.1) is 5.10 Å². The van der Waals surface area contributed by atoms with Gasteiger partial charge >= 0.3 is 11.7 Å². The van der Waals surface area contributed by atoms with E-state index in [0.29, 0.717) is 24.4 Å². The molecule has 0 aliphatic heterocycles. The molecule has 9 heteroatoms. The zero-order valence-corrected chi connectivity index (χ0v) is 18.4. The summed E-state index contributed by atoms with van der Waals surface area (Å²) in [5.41, 5.74) is 4.02. The molecule has 0 aliphatic carbocycles. The summed E-state index contributed by atoms with van der Waals surface area (Å²) >= 11 is 0. The quantitative estimate of drug-likeness (QED) is 0.468.